The Bertz CT molecular complexity index is 1180. The van der Waals surface area contributed by atoms with Crippen LogP contribution in [0.25, 0.3) is 0 Å². The Balaban J connectivity index is 1.87. The van der Waals surface area contributed by atoms with E-state index in [1.54, 1.807) is 43.3 Å². The number of rotatable bonds is 7. The van der Waals surface area contributed by atoms with Gasteiger partial charge in [0.25, 0.3) is 15.9 Å². The first-order valence-electron chi connectivity index (χ1n) is 9.51. The monoisotopic (exact) mass is 455 g/mol. The largest absolute Gasteiger partial charge is 0.271 e. The van der Waals surface area contributed by atoms with E-state index in [4.69, 9.17) is 11.6 Å². The number of amides is 1. The quantitative estimate of drug-likeness (QED) is 0.424. The number of sulfonamides is 1. The zero-order valence-corrected chi connectivity index (χ0v) is 18.7. The van der Waals surface area contributed by atoms with Crippen molar-refractivity contribution in [1.82, 2.24) is 5.43 Å². The summed E-state index contributed by atoms with van der Waals surface area (Å²) in [4.78, 5) is 12.7. The van der Waals surface area contributed by atoms with E-state index >= 15 is 0 Å². The Hall–Kier alpha value is -3.16. The van der Waals surface area contributed by atoms with Crippen molar-refractivity contribution in [2.45, 2.75) is 18.7 Å². The summed E-state index contributed by atoms with van der Waals surface area (Å²) in [5, 5.41) is 4.56. The first-order valence-corrected chi connectivity index (χ1v) is 11.3. The number of nitrogens with zero attached hydrogens (tertiary/aromatic N) is 2. The van der Waals surface area contributed by atoms with Crippen LogP contribution in [0.1, 0.15) is 18.1 Å². The standard InChI is InChI=1S/C23H22ClN3O3S/c1-17-8-14-22(15-9-17)31(29,30)27(21-12-10-20(24)11-13-21)16-23(28)26-25-18(2)19-6-4-3-5-7-19/h3-15H,16H2,1-2H3,(H,26,28)/b25-18-. The van der Waals surface area contributed by atoms with E-state index in [2.05, 4.69) is 10.5 Å². The molecule has 0 saturated heterocycles. The minimum Gasteiger partial charge on any atom is -0.271 e. The summed E-state index contributed by atoms with van der Waals surface area (Å²) in [5.74, 6) is -0.569. The molecule has 0 aliphatic heterocycles. The van der Waals surface area contributed by atoms with Crippen LogP contribution in [0.15, 0.2) is 88.9 Å². The molecular formula is C23H22ClN3O3S. The minimum absolute atomic E-state index is 0.0878. The zero-order valence-electron chi connectivity index (χ0n) is 17.1. The summed E-state index contributed by atoms with van der Waals surface area (Å²) >= 11 is 5.95. The molecule has 0 spiro atoms. The summed E-state index contributed by atoms with van der Waals surface area (Å²) in [6.45, 7) is 3.19. The van der Waals surface area contributed by atoms with Gasteiger partial charge in [0.1, 0.15) is 6.54 Å². The van der Waals surface area contributed by atoms with Crippen LogP contribution in [0.2, 0.25) is 5.02 Å². The van der Waals surface area contributed by atoms with Gasteiger partial charge < -0.3 is 0 Å². The number of hydrazone groups is 1. The normalized spacial score (nSPS) is 11.8. The van der Waals surface area contributed by atoms with Crippen LogP contribution in [-0.4, -0.2) is 26.6 Å². The fourth-order valence-corrected chi connectivity index (χ4v) is 4.36. The van der Waals surface area contributed by atoms with E-state index in [1.165, 1.54) is 12.1 Å². The molecule has 3 rings (SSSR count). The fourth-order valence-electron chi connectivity index (χ4n) is 2.82. The van der Waals surface area contributed by atoms with Crippen molar-refractivity contribution < 1.29 is 13.2 Å². The molecule has 6 nitrogen and oxygen atoms in total. The summed E-state index contributed by atoms with van der Waals surface area (Å²) in [7, 11) is -3.99. The maximum atomic E-state index is 13.3. The summed E-state index contributed by atoms with van der Waals surface area (Å²) in [6.07, 6.45) is 0. The Kier molecular flexibility index (Phi) is 7.09. The van der Waals surface area contributed by atoms with E-state index in [0.717, 1.165) is 15.4 Å². The molecule has 8 heteroatoms. The minimum atomic E-state index is -3.99. The number of carbonyl (C=O) groups excluding carboxylic acids is 1. The molecular weight excluding hydrogens is 434 g/mol. The van der Waals surface area contributed by atoms with Gasteiger partial charge in [0.15, 0.2) is 0 Å². The molecule has 0 radical (unpaired) electrons. The lowest BCUT2D eigenvalue weighted by molar-refractivity contribution is -0.119. The highest BCUT2D eigenvalue weighted by molar-refractivity contribution is 7.92. The molecule has 0 aromatic heterocycles. The number of carbonyl (C=O) groups is 1. The SMILES string of the molecule is C/C(=N/NC(=O)CN(c1ccc(Cl)cc1)S(=O)(=O)c1ccc(C)cc1)c1ccccc1. The van der Waals surface area contributed by atoms with Crippen LogP contribution >= 0.6 is 11.6 Å². The van der Waals surface area contributed by atoms with Crippen LogP contribution in [0.5, 0.6) is 0 Å². The van der Waals surface area contributed by atoms with E-state index in [9.17, 15) is 13.2 Å². The highest BCUT2D eigenvalue weighted by Gasteiger charge is 2.27. The maximum absolute atomic E-state index is 13.3. The molecule has 1 amide bonds. The molecule has 3 aromatic carbocycles. The lowest BCUT2D eigenvalue weighted by Crippen LogP contribution is -2.39. The molecule has 160 valence electrons. The number of aryl methyl sites for hydroxylation is 1. The summed E-state index contributed by atoms with van der Waals surface area (Å²) in [5.41, 5.74) is 5.15. The van der Waals surface area contributed by atoms with Crippen LogP contribution in [0.3, 0.4) is 0 Å². The number of hydrogen-bond acceptors (Lipinski definition) is 4. The molecule has 0 atom stereocenters. The topological polar surface area (TPSA) is 78.8 Å². The first-order chi connectivity index (χ1) is 14.8. The van der Waals surface area contributed by atoms with Crippen molar-refractivity contribution in [1.29, 1.82) is 0 Å². The molecule has 0 unspecified atom stereocenters. The molecule has 1 N–H and O–H groups in total. The summed E-state index contributed by atoms with van der Waals surface area (Å²) < 4.78 is 27.6. The second-order valence-electron chi connectivity index (χ2n) is 6.90. The van der Waals surface area contributed by atoms with E-state index in [-0.39, 0.29) is 4.90 Å². The van der Waals surface area contributed by atoms with Gasteiger partial charge in [-0.05, 0) is 55.8 Å². The molecule has 0 saturated carbocycles. The third-order valence-corrected chi connectivity index (χ3v) is 6.59. The zero-order chi connectivity index (χ0) is 22.4. The second-order valence-corrected chi connectivity index (χ2v) is 9.20. The number of benzene rings is 3. The molecule has 31 heavy (non-hydrogen) atoms. The molecule has 3 aromatic rings. The van der Waals surface area contributed by atoms with Crippen molar-refractivity contribution in [3.8, 4) is 0 Å². The van der Waals surface area contributed by atoms with Crippen molar-refractivity contribution >= 4 is 38.9 Å². The molecule has 0 aliphatic rings. The number of hydrogen-bond donors (Lipinski definition) is 1. The summed E-state index contributed by atoms with van der Waals surface area (Å²) in [6, 6.07) is 22.1. The van der Waals surface area contributed by atoms with Crippen LogP contribution in [-0.2, 0) is 14.8 Å². The Morgan fingerprint density at radius 2 is 1.58 bits per heavy atom. The van der Waals surface area contributed by atoms with Gasteiger partial charge in [0, 0.05) is 5.02 Å². The van der Waals surface area contributed by atoms with Crippen molar-refractivity contribution in [3.63, 3.8) is 0 Å². The van der Waals surface area contributed by atoms with Gasteiger partial charge in [-0.3, -0.25) is 9.10 Å². The number of anilines is 1. The van der Waals surface area contributed by atoms with Crippen LogP contribution in [0, 0.1) is 6.92 Å². The Morgan fingerprint density at radius 3 is 2.19 bits per heavy atom. The molecule has 0 fully saturated rings. The van der Waals surface area contributed by atoms with Crippen molar-refractivity contribution in [2.75, 3.05) is 10.8 Å². The number of halogens is 1. The first kappa shape index (κ1) is 22.5. The van der Waals surface area contributed by atoms with Gasteiger partial charge in [0.2, 0.25) is 0 Å². The van der Waals surface area contributed by atoms with E-state index in [0.29, 0.717) is 16.4 Å². The maximum Gasteiger partial charge on any atom is 0.264 e. The molecule has 0 aliphatic carbocycles. The van der Waals surface area contributed by atoms with Gasteiger partial charge >= 0.3 is 0 Å². The Labute approximate surface area is 187 Å². The van der Waals surface area contributed by atoms with Gasteiger partial charge in [-0.2, -0.15) is 5.10 Å². The molecule has 0 heterocycles. The van der Waals surface area contributed by atoms with Gasteiger partial charge in [-0.15, -0.1) is 0 Å². The van der Waals surface area contributed by atoms with Gasteiger partial charge in [-0.25, -0.2) is 13.8 Å². The molecule has 0 bridgehead atoms. The average molecular weight is 456 g/mol. The second kappa shape index (κ2) is 9.76. The highest BCUT2D eigenvalue weighted by atomic mass is 35.5. The van der Waals surface area contributed by atoms with Crippen molar-refractivity contribution in [3.05, 3.63) is 95.0 Å². The van der Waals surface area contributed by atoms with Gasteiger partial charge in [0.05, 0.1) is 16.3 Å². The van der Waals surface area contributed by atoms with E-state index < -0.39 is 22.5 Å². The average Bonchev–Trinajstić information content (AvgIpc) is 2.77. The van der Waals surface area contributed by atoms with Crippen LogP contribution < -0.4 is 9.73 Å². The number of nitrogens with one attached hydrogen (secondary N) is 1. The van der Waals surface area contributed by atoms with Gasteiger partial charge in [-0.1, -0.05) is 59.6 Å². The van der Waals surface area contributed by atoms with E-state index in [1.807, 2.05) is 37.3 Å². The lowest BCUT2D eigenvalue weighted by atomic mass is 10.1. The van der Waals surface area contributed by atoms with Crippen molar-refractivity contribution in [2.24, 2.45) is 5.10 Å². The predicted octanol–water partition coefficient (Wildman–Crippen LogP) is 4.38. The predicted molar refractivity (Wildman–Crippen MR) is 124 cm³/mol. The third kappa shape index (κ3) is 5.71. The highest BCUT2D eigenvalue weighted by Crippen LogP contribution is 2.25. The smallest absolute Gasteiger partial charge is 0.264 e. The fraction of sp³-hybridized carbons (Fsp3) is 0.130. The Morgan fingerprint density at radius 1 is 0.968 bits per heavy atom. The third-order valence-electron chi connectivity index (χ3n) is 4.55. The lowest BCUT2D eigenvalue weighted by Gasteiger charge is -2.24. The van der Waals surface area contributed by atoms with Crippen LogP contribution in [0.4, 0.5) is 5.69 Å².